The molecule has 1 N–H and O–H groups in total. The van der Waals surface area contributed by atoms with Crippen LogP contribution >= 0.6 is 21.6 Å². The predicted octanol–water partition coefficient (Wildman–Crippen LogP) is 2.16. The van der Waals surface area contributed by atoms with Gasteiger partial charge < -0.3 is 181 Å². The lowest BCUT2D eigenvalue weighted by Crippen LogP contribution is -2.28. The number of rotatable bonds is 117. The first-order valence-electron chi connectivity index (χ1n) is 46.6. The zero-order valence-electron chi connectivity index (χ0n) is 79.0. The van der Waals surface area contributed by atoms with E-state index in [-0.39, 0.29) is 49.9 Å². The number of carbonyl (C=O) groups excluding carboxylic acids is 4. The molecule has 0 spiro atoms. The van der Waals surface area contributed by atoms with Crippen molar-refractivity contribution in [3.63, 3.8) is 0 Å². The van der Waals surface area contributed by atoms with Gasteiger partial charge in [0.05, 0.1) is 482 Å². The number of pyridine rings is 1. The van der Waals surface area contributed by atoms with Crippen molar-refractivity contribution in [2.24, 2.45) is 0 Å². The molecule has 1 aliphatic carbocycles. The van der Waals surface area contributed by atoms with Crippen molar-refractivity contribution < 1.29 is 194 Å². The molecule has 0 unspecified atom stereocenters. The van der Waals surface area contributed by atoms with Crippen LogP contribution in [0.3, 0.4) is 0 Å². The lowest BCUT2D eigenvalue weighted by atomic mass is 10.3. The van der Waals surface area contributed by atoms with Gasteiger partial charge in [0.1, 0.15) is 5.03 Å². The van der Waals surface area contributed by atoms with E-state index in [9.17, 15) is 19.2 Å². The highest BCUT2D eigenvalue weighted by Gasteiger charge is 2.36. The van der Waals surface area contributed by atoms with E-state index in [0.29, 0.717) is 481 Å². The number of carbonyl (C=O) groups is 4. The summed E-state index contributed by atoms with van der Waals surface area (Å²) >= 11 is 0. The summed E-state index contributed by atoms with van der Waals surface area (Å²) < 4.78 is 204. The molecule has 2 rings (SSSR count). The standard InChI is InChI=1S/C88H162N2O41S2/c91-83-4-5-84(92)88(83)131-87(94)6-10-95-12-14-97-16-18-99-20-22-101-24-26-103-28-30-105-32-34-107-36-38-109-40-42-111-44-46-113-48-50-115-52-54-117-56-58-119-60-62-121-64-66-123-68-70-125-72-74-127-76-78-129-80-81-130-79-77-128-75-73-126-71-69-124-67-65-122-63-61-120-59-57-118-55-53-116-51-49-114-47-45-112-43-41-110-39-37-108-35-33-106-31-29-104-27-25-102-23-21-100-19-17-98-15-13-96-11-9-89-85(93)7-82-132-133-86-3-1-2-8-90-86/h1-3,8,88H,4-7,9-82H2,(H,89,93). The minimum atomic E-state index is -1.25. The van der Waals surface area contributed by atoms with Crippen LogP contribution < -0.4 is 5.32 Å². The third-order valence-electron chi connectivity index (χ3n) is 16.7. The molecule has 0 aliphatic heterocycles. The Morgan fingerprint density at radius 3 is 0.586 bits per heavy atom. The second-order valence-electron chi connectivity index (χ2n) is 27.3. The lowest BCUT2D eigenvalue weighted by Gasteiger charge is -2.10. The number of esters is 1. The van der Waals surface area contributed by atoms with Crippen molar-refractivity contribution in [1.82, 2.24) is 10.3 Å². The Kier molecular flexibility index (Phi) is 105. The minimum absolute atomic E-state index is 0.00773. The molecule has 1 aromatic rings. The van der Waals surface area contributed by atoms with Gasteiger partial charge in [0.25, 0.3) is 0 Å². The molecule has 1 heterocycles. The molecule has 1 aromatic heterocycles. The van der Waals surface area contributed by atoms with Crippen molar-refractivity contribution in [3.8, 4) is 0 Å². The maximum Gasteiger partial charge on any atom is 0.309 e. The summed E-state index contributed by atoms with van der Waals surface area (Å²) in [5.41, 5.74) is 0. The molecule has 1 aliphatic rings. The number of Topliss-reactive ketones (excluding diaryl/α,β-unsaturated/α-hetero) is 2. The number of amides is 1. The number of hydrogen-bond donors (Lipinski definition) is 1. The van der Waals surface area contributed by atoms with Crippen LogP contribution in [0.5, 0.6) is 0 Å². The summed E-state index contributed by atoms with van der Waals surface area (Å²) in [5.74, 6) is -0.616. The van der Waals surface area contributed by atoms with Gasteiger partial charge in [0, 0.05) is 37.8 Å². The van der Waals surface area contributed by atoms with E-state index in [4.69, 9.17) is 175 Å². The Morgan fingerprint density at radius 1 is 0.241 bits per heavy atom. The Hall–Kier alpha value is -3.31. The molecule has 0 radical (unpaired) electrons. The highest BCUT2D eigenvalue weighted by Crippen LogP contribution is 2.29. The van der Waals surface area contributed by atoms with Gasteiger partial charge >= 0.3 is 5.97 Å². The first-order chi connectivity index (χ1) is 66.1. The van der Waals surface area contributed by atoms with Crippen LogP contribution in [0.15, 0.2) is 29.4 Å². The average Bonchev–Trinajstić information content (AvgIpc) is 1.73. The highest BCUT2D eigenvalue weighted by molar-refractivity contribution is 8.76. The van der Waals surface area contributed by atoms with E-state index in [1.807, 2.05) is 18.2 Å². The zero-order chi connectivity index (χ0) is 94.4. The molecule has 782 valence electrons. The van der Waals surface area contributed by atoms with Crippen molar-refractivity contribution >= 4 is 45.0 Å². The fourth-order valence-corrected chi connectivity index (χ4v) is 11.8. The van der Waals surface area contributed by atoms with Crippen molar-refractivity contribution in [3.05, 3.63) is 24.4 Å². The van der Waals surface area contributed by atoms with Gasteiger partial charge in [-0.15, -0.1) is 0 Å². The Morgan fingerprint density at radius 2 is 0.414 bits per heavy atom. The van der Waals surface area contributed by atoms with Crippen molar-refractivity contribution in [2.45, 2.75) is 36.8 Å². The van der Waals surface area contributed by atoms with Crippen LogP contribution in [0.4, 0.5) is 0 Å². The number of nitrogens with zero attached hydrogens (tertiary/aromatic N) is 1. The third-order valence-corrected chi connectivity index (χ3v) is 19.0. The van der Waals surface area contributed by atoms with E-state index in [1.165, 1.54) is 0 Å². The lowest BCUT2D eigenvalue weighted by molar-refractivity contribution is -0.158. The molecule has 0 atom stereocenters. The van der Waals surface area contributed by atoms with Gasteiger partial charge in [-0.05, 0) is 22.9 Å². The molecule has 45 heteroatoms. The molecule has 43 nitrogen and oxygen atoms in total. The molecule has 1 fully saturated rings. The molecular weight excluding hydrogens is 1810 g/mol. The van der Waals surface area contributed by atoms with Gasteiger partial charge in [-0.25, -0.2) is 4.98 Å². The van der Waals surface area contributed by atoms with Crippen LogP contribution in [0.25, 0.3) is 0 Å². The second kappa shape index (κ2) is 111. The van der Waals surface area contributed by atoms with Gasteiger partial charge in [0.15, 0.2) is 11.6 Å². The quantitative estimate of drug-likeness (QED) is 0.0422. The third kappa shape index (κ3) is 101. The Labute approximate surface area is 795 Å². The van der Waals surface area contributed by atoms with Crippen molar-refractivity contribution in [2.75, 3.05) is 488 Å². The fourth-order valence-electron chi connectivity index (χ4n) is 9.95. The summed E-state index contributed by atoms with van der Waals surface area (Å²) in [6, 6.07) is 5.77. The number of aromatic nitrogens is 1. The van der Waals surface area contributed by atoms with Gasteiger partial charge in [-0.1, -0.05) is 16.9 Å². The summed E-state index contributed by atoms with van der Waals surface area (Å²) in [6.45, 7) is 33.2. The average molecular weight is 1970 g/mol. The first-order valence-corrected chi connectivity index (χ1v) is 48.9. The smallest absolute Gasteiger partial charge is 0.309 e. The highest BCUT2D eigenvalue weighted by atomic mass is 33.1. The van der Waals surface area contributed by atoms with Gasteiger partial charge in [-0.3, -0.25) is 19.2 Å². The fraction of sp³-hybridized carbons (Fsp3) is 0.898. The summed E-state index contributed by atoms with van der Waals surface area (Å²) in [4.78, 5) is 51.0. The van der Waals surface area contributed by atoms with E-state index in [1.54, 1.807) is 27.8 Å². The maximum atomic E-state index is 11.9. The molecule has 0 bridgehead atoms. The molecule has 0 aromatic carbocycles. The first kappa shape index (κ1) is 126. The van der Waals surface area contributed by atoms with E-state index >= 15 is 0 Å². The molecule has 133 heavy (non-hydrogen) atoms. The van der Waals surface area contributed by atoms with Crippen LogP contribution in [0.2, 0.25) is 0 Å². The van der Waals surface area contributed by atoms with Gasteiger partial charge in [-0.2, -0.15) is 0 Å². The summed E-state index contributed by atoms with van der Waals surface area (Å²) in [7, 11) is 3.18. The number of ether oxygens (including phenoxy) is 37. The molecule has 0 saturated heterocycles. The van der Waals surface area contributed by atoms with Crippen LogP contribution in [0.1, 0.15) is 25.7 Å². The largest absolute Gasteiger partial charge is 0.446 e. The van der Waals surface area contributed by atoms with Crippen molar-refractivity contribution in [1.29, 1.82) is 0 Å². The van der Waals surface area contributed by atoms with Crippen LogP contribution in [0, 0.1) is 0 Å². The van der Waals surface area contributed by atoms with E-state index in [2.05, 4.69) is 10.3 Å². The molecule has 1 saturated carbocycles. The zero-order valence-corrected chi connectivity index (χ0v) is 80.7. The molecular formula is C88H162N2O41S2. The maximum absolute atomic E-state index is 11.9. The number of hydrogen-bond acceptors (Lipinski definition) is 44. The SMILES string of the molecule is O=C(CCSSc1ccccn1)NCCOCCOCCOCCOCCOCCOCCOCCOCCOCCOCCOCCOCCOCCOCCOCCOCCOCCOCCOCCOCCOCCOCCOCCOCCOCCOCCOCCOCCOCCOCCOCCOCCOCCOCCOCCOCCC(=O)OC1C(=O)CCC1=O. The van der Waals surface area contributed by atoms with Crippen LogP contribution in [-0.2, 0) is 194 Å². The Balaban J connectivity index is 1.07. The number of ketones is 2. The Bertz CT molecular complexity index is 2450. The predicted molar refractivity (Wildman–Crippen MR) is 483 cm³/mol. The topological polar surface area (TPSA) is 435 Å². The van der Waals surface area contributed by atoms with Crippen LogP contribution in [-0.4, -0.2) is 523 Å². The number of nitrogens with one attached hydrogen (secondary N) is 1. The monoisotopic (exact) mass is 1970 g/mol. The normalized spacial score (nSPS) is 12.5. The minimum Gasteiger partial charge on any atom is -0.446 e. The van der Waals surface area contributed by atoms with E-state index in [0.717, 1.165) is 5.03 Å². The van der Waals surface area contributed by atoms with Gasteiger partial charge in [0.2, 0.25) is 12.0 Å². The van der Waals surface area contributed by atoms with E-state index < -0.39 is 12.1 Å². The summed E-state index contributed by atoms with van der Waals surface area (Å²) in [6.07, 6.45) is 1.16. The second-order valence-corrected chi connectivity index (χ2v) is 29.7. The summed E-state index contributed by atoms with van der Waals surface area (Å²) in [5, 5.41) is 3.79. The molecule has 1 amide bonds.